The van der Waals surface area contributed by atoms with Crippen molar-refractivity contribution in [2.75, 3.05) is 37.6 Å². The van der Waals surface area contributed by atoms with E-state index in [0.717, 1.165) is 37.8 Å². The predicted octanol–water partition coefficient (Wildman–Crippen LogP) is 3.81. The van der Waals surface area contributed by atoms with Crippen LogP contribution in [0.25, 0.3) is 0 Å². The van der Waals surface area contributed by atoms with Crippen LogP contribution in [0, 0.1) is 11.8 Å². The number of anilines is 1. The molecule has 2 amide bonds. The molecule has 0 bridgehead atoms. The predicted molar refractivity (Wildman–Crippen MR) is 116 cm³/mol. The van der Waals surface area contributed by atoms with Crippen molar-refractivity contribution < 1.29 is 9.59 Å². The summed E-state index contributed by atoms with van der Waals surface area (Å²) in [6.07, 6.45) is 6.47. The van der Waals surface area contributed by atoms with E-state index in [2.05, 4.69) is 16.7 Å². The Morgan fingerprint density at radius 1 is 0.966 bits per heavy atom. The summed E-state index contributed by atoms with van der Waals surface area (Å²) in [5.41, 5.74) is 0.623. The monoisotopic (exact) mass is 417 g/mol. The number of hydrogen-bond acceptors (Lipinski definition) is 4. The Morgan fingerprint density at radius 3 is 2.28 bits per heavy atom. The molecule has 3 saturated heterocycles. The number of halogens is 1. The molecule has 4 rings (SSSR count). The highest BCUT2D eigenvalue weighted by atomic mass is 35.5. The molecule has 0 spiro atoms. The third kappa shape index (κ3) is 4.84. The lowest BCUT2D eigenvalue weighted by Crippen LogP contribution is -2.46. The maximum Gasteiger partial charge on any atom is 0.251 e. The second kappa shape index (κ2) is 9.15. The fraction of sp³-hybridized carbons (Fsp3) is 0.652. The lowest BCUT2D eigenvalue weighted by molar-refractivity contribution is -0.123. The third-order valence-corrected chi connectivity index (χ3v) is 7.28. The average molecular weight is 418 g/mol. The van der Waals surface area contributed by atoms with E-state index in [9.17, 15) is 9.59 Å². The highest BCUT2D eigenvalue weighted by molar-refractivity contribution is 6.30. The first-order chi connectivity index (χ1) is 14.0. The molecule has 0 unspecified atom stereocenters. The summed E-state index contributed by atoms with van der Waals surface area (Å²) in [6, 6.07) is 6.63. The van der Waals surface area contributed by atoms with Crippen LogP contribution >= 0.6 is 11.6 Å². The van der Waals surface area contributed by atoms with E-state index < -0.39 is 0 Å². The molecule has 3 aliphatic rings. The number of likely N-dealkylation sites (tertiary alicyclic amines) is 2. The molecule has 0 N–H and O–H groups in total. The largest absolute Gasteiger partial charge is 0.303 e. The van der Waals surface area contributed by atoms with Gasteiger partial charge in [0.1, 0.15) is 0 Å². The first-order valence-electron chi connectivity index (χ1n) is 11.1. The summed E-state index contributed by atoms with van der Waals surface area (Å²) in [4.78, 5) is 31.7. The molecular formula is C23H32ClN3O2. The average Bonchev–Trinajstić information content (AvgIpc) is 3.03. The van der Waals surface area contributed by atoms with E-state index in [0.29, 0.717) is 10.7 Å². The number of carbonyl (C=O) groups is 2. The van der Waals surface area contributed by atoms with Crippen molar-refractivity contribution in [3.05, 3.63) is 29.3 Å². The van der Waals surface area contributed by atoms with Crippen LogP contribution < -0.4 is 4.90 Å². The SMILES string of the molecule is CC1CCN(CCC2CCN([C@H]3CC(=O)N(c4ccc(Cl)cc4)C3=O)CC2)CC1. The van der Waals surface area contributed by atoms with E-state index in [1.807, 2.05) is 0 Å². The second-order valence-electron chi connectivity index (χ2n) is 9.06. The highest BCUT2D eigenvalue weighted by Gasteiger charge is 2.43. The molecule has 1 aromatic rings. The molecule has 1 atom stereocenters. The highest BCUT2D eigenvalue weighted by Crippen LogP contribution is 2.30. The number of amides is 2. The van der Waals surface area contributed by atoms with Gasteiger partial charge in [0.2, 0.25) is 5.91 Å². The third-order valence-electron chi connectivity index (χ3n) is 7.03. The molecular weight excluding hydrogens is 386 g/mol. The van der Waals surface area contributed by atoms with Crippen LogP contribution in [0.3, 0.4) is 0 Å². The van der Waals surface area contributed by atoms with Gasteiger partial charge in [0.25, 0.3) is 5.91 Å². The Bertz CT molecular complexity index is 722. The van der Waals surface area contributed by atoms with Gasteiger partial charge in [0.15, 0.2) is 0 Å². The summed E-state index contributed by atoms with van der Waals surface area (Å²) in [6.45, 7) is 7.90. The Labute approximate surface area is 179 Å². The van der Waals surface area contributed by atoms with E-state index >= 15 is 0 Å². The lowest BCUT2D eigenvalue weighted by atomic mass is 9.91. The summed E-state index contributed by atoms with van der Waals surface area (Å²) in [5, 5.41) is 0.602. The van der Waals surface area contributed by atoms with E-state index in [1.54, 1.807) is 24.3 Å². The minimum absolute atomic E-state index is 0.0850. The molecule has 6 heteroatoms. The summed E-state index contributed by atoms with van der Waals surface area (Å²) in [7, 11) is 0. The Kier molecular flexibility index (Phi) is 6.57. The van der Waals surface area contributed by atoms with Crippen LogP contribution in [-0.4, -0.2) is 60.4 Å². The normalized spacial score (nSPS) is 25.9. The fourth-order valence-electron chi connectivity index (χ4n) is 4.97. The van der Waals surface area contributed by atoms with E-state index in [-0.39, 0.29) is 24.3 Å². The summed E-state index contributed by atoms with van der Waals surface area (Å²) in [5.74, 6) is 1.43. The number of benzene rings is 1. The quantitative estimate of drug-likeness (QED) is 0.683. The van der Waals surface area contributed by atoms with Crippen LogP contribution in [-0.2, 0) is 9.59 Å². The smallest absolute Gasteiger partial charge is 0.251 e. The van der Waals surface area contributed by atoms with Gasteiger partial charge < -0.3 is 4.90 Å². The van der Waals surface area contributed by atoms with Gasteiger partial charge >= 0.3 is 0 Å². The Balaban J connectivity index is 1.27. The van der Waals surface area contributed by atoms with Gasteiger partial charge in [-0.3, -0.25) is 14.5 Å². The maximum absolute atomic E-state index is 13.0. The van der Waals surface area contributed by atoms with Gasteiger partial charge in [-0.2, -0.15) is 0 Å². The summed E-state index contributed by atoms with van der Waals surface area (Å²) < 4.78 is 0. The number of carbonyl (C=O) groups excluding carboxylic acids is 2. The van der Waals surface area contributed by atoms with E-state index in [1.165, 1.54) is 43.8 Å². The molecule has 0 saturated carbocycles. The molecule has 3 fully saturated rings. The van der Waals surface area contributed by atoms with Crippen LogP contribution in [0.2, 0.25) is 5.02 Å². The minimum atomic E-state index is -0.303. The van der Waals surface area contributed by atoms with Gasteiger partial charge in [-0.15, -0.1) is 0 Å². The molecule has 0 radical (unpaired) electrons. The first-order valence-corrected chi connectivity index (χ1v) is 11.5. The van der Waals surface area contributed by atoms with Crippen LogP contribution in [0.15, 0.2) is 24.3 Å². The Morgan fingerprint density at radius 2 is 1.62 bits per heavy atom. The van der Waals surface area contributed by atoms with Crippen molar-refractivity contribution in [2.24, 2.45) is 11.8 Å². The fourth-order valence-corrected chi connectivity index (χ4v) is 5.09. The van der Waals surface area contributed by atoms with E-state index in [4.69, 9.17) is 11.6 Å². The van der Waals surface area contributed by atoms with Gasteiger partial charge in [0, 0.05) is 5.02 Å². The molecule has 3 heterocycles. The molecule has 158 valence electrons. The number of imide groups is 1. The maximum atomic E-state index is 13.0. The molecule has 0 aliphatic carbocycles. The van der Waals surface area contributed by atoms with Gasteiger partial charge in [-0.25, -0.2) is 4.90 Å². The van der Waals surface area contributed by atoms with Gasteiger partial charge in [0.05, 0.1) is 18.2 Å². The standard InChI is InChI=1S/C23H32ClN3O2/c1-17-6-11-25(12-7-17)13-8-18-9-14-26(15-10-18)21-16-22(28)27(23(21)29)20-4-2-19(24)3-5-20/h2-5,17-18,21H,6-16H2,1H3/t21-/m0/s1. The first kappa shape index (κ1) is 20.8. The number of rotatable bonds is 5. The molecule has 1 aromatic carbocycles. The van der Waals surface area contributed by atoms with Crippen LogP contribution in [0.1, 0.15) is 45.4 Å². The lowest BCUT2D eigenvalue weighted by Gasteiger charge is -2.36. The molecule has 0 aromatic heterocycles. The number of nitrogens with zero attached hydrogens (tertiary/aromatic N) is 3. The van der Waals surface area contributed by atoms with Crippen molar-refractivity contribution >= 4 is 29.1 Å². The number of hydrogen-bond donors (Lipinski definition) is 0. The van der Waals surface area contributed by atoms with Crippen molar-refractivity contribution in [2.45, 2.75) is 51.5 Å². The van der Waals surface area contributed by atoms with Gasteiger partial charge in [-0.05, 0) is 101 Å². The van der Waals surface area contributed by atoms with Crippen LogP contribution in [0.4, 0.5) is 5.69 Å². The second-order valence-corrected chi connectivity index (χ2v) is 9.49. The molecule has 3 aliphatic heterocycles. The van der Waals surface area contributed by atoms with Crippen molar-refractivity contribution in [3.63, 3.8) is 0 Å². The molecule has 29 heavy (non-hydrogen) atoms. The Hall–Kier alpha value is -1.43. The van der Waals surface area contributed by atoms with Crippen molar-refractivity contribution in [1.82, 2.24) is 9.80 Å². The zero-order valence-corrected chi connectivity index (χ0v) is 18.1. The van der Waals surface area contributed by atoms with Crippen molar-refractivity contribution in [1.29, 1.82) is 0 Å². The topological polar surface area (TPSA) is 43.9 Å². The summed E-state index contributed by atoms with van der Waals surface area (Å²) >= 11 is 5.94. The number of piperidine rings is 2. The minimum Gasteiger partial charge on any atom is -0.303 e. The van der Waals surface area contributed by atoms with Crippen molar-refractivity contribution in [3.8, 4) is 0 Å². The zero-order valence-electron chi connectivity index (χ0n) is 17.4. The zero-order chi connectivity index (χ0) is 20.4. The van der Waals surface area contributed by atoms with Gasteiger partial charge in [-0.1, -0.05) is 18.5 Å². The van der Waals surface area contributed by atoms with Crippen LogP contribution in [0.5, 0.6) is 0 Å². The molecule has 5 nitrogen and oxygen atoms in total.